The average Bonchev–Trinajstić information content (AvgIpc) is 3.14. The van der Waals surface area contributed by atoms with Gasteiger partial charge < -0.3 is 29.5 Å². The fourth-order valence-electron chi connectivity index (χ4n) is 7.18. The molecule has 0 radical (unpaired) electrons. The highest BCUT2D eigenvalue weighted by Gasteiger charge is 2.15. The highest BCUT2D eigenvalue weighted by atomic mass is 16.5. The molecule has 0 fully saturated rings. The molecule has 0 aromatic rings. The van der Waals surface area contributed by atoms with E-state index in [1.54, 1.807) is 0 Å². The van der Waals surface area contributed by atoms with Crippen molar-refractivity contribution in [3.63, 3.8) is 0 Å². The second-order valence-electron chi connectivity index (χ2n) is 15.7. The fraction of sp³-hybridized carbons (Fsp3) is 0.956. The first-order chi connectivity index (χ1) is 26.0. The maximum absolute atomic E-state index is 12.8. The lowest BCUT2D eigenvalue weighted by molar-refractivity contribution is -0.150. The molecule has 316 valence electrons. The lowest BCUT2D eigenvalue weighted by atomic mass is 10.0. The van der Waals surface area contributed by atoms with Gasteiger partial charge in [0, 0.05) is 25.9 Å². The van der Waals surface area contributed by atoms with Crippen LogP contribution in [0.1, 0.15) is 213 Å². The summed E-state index contributed by atoms with van der Waals surface area (Å²) in [6, 6.07) is 0. The standard InChI is InChI=1S/C45H90N2O6/c1-4-7-10-13-16-17-18-21-27-42-52-44(50)33-28-35-47(39-41-49)37-29-36-46(38-40-48)34-26-22-25-32-45(51)53-43(30-23-19-14-11-8-5-2)31-24-20-15-12-9-6-3/h43,48-49H,4-42H2,1-3H3. The van der Waals surface area contributed by atoms with Crippen LogP contribution < -0.4 is 0 Å². The molecule has 8 heteroatoms. The van der Waals surface area contributed by atoms with E-state index in [2.05, 4.69) is 30.6 Å². The predicted octanol–water partition coefficient (Wildman–Crippen LogP) is 10.8. The van der Waals surface area contributed by atoms with Crippen LogP contribution >= 0.6 is 0 Å². The van der Waals surface area contributed by atoms with Crippen molar-refractivity contribution in [2.75, 3.05) is 59.1 Å². The molecule has 0 atom stereocenters. The summed E-state index contributed by atoms with van der Waals surface area (Å²) in [5.74, 6) is -0.146. The van der Waals surface area contributed by atoms with Crippen molar-refractivity contribution in [1.82, 2.24) is 9.80 Å². The van der Waals surface area contributed by atoms with Crippen molar-refractivity contribution >= 4 is 11.9 Å². The average molecular weight is 755 g/mol. The van der Waals surface area contributed by atoms with E-state index in [-0.39, 0.29) is 31.3 Å². The molecule has 0 amide bonds. The number of unbranched alkanes of at least 4 members (excludes halogenated alkanes) is 20. The summed E-state index contributed by atoms with van der Waals surface area (Å²) >= 11 is 0. The Balaban J connectivity index is 4.26. The zero-order valence-electron chi connectivity index (χ0n) is 35.6. The molecule has 0 saturated heterocycles. The van der Waals surface area contributed by atoms with Gasteiger partial charge in [0.1, 0.15) is 6.10 Å². The number of nitrogens with zero attached hydrogens (tertiary/aromatic N) is 2. The molecule has 0 aliphatic carbocycles. The normalized spacial score (nSPS) is 11.7. The number of aliphatic hydroxyl groups excluding tert-OH is 2. The van der Waals surface area contributed by atoms with Gasteiger partial charge in [-0.2, -0.15) is 0 Å². The minimum atomic E-state index is -0.114. The number of rotatable bonds is 43. The lowest BCUT2D eigenvalue weighted by Gasteiger charge is -2.25. The smallest absolute Gasteiger partial charge is 0.306 e. The molecule has 0 unspecified atom stereocenters. The number of ether oxygens (including phenoxy) is 2. The van der Waals surface area contributed by atoms with Crippen LogP contribution in [0.5, 0.6) is 0 Å². The molecule has 0 heterocycles. The summed E-state index contributed by atoms with van der Waals surface area (Å²) in [5.41, 5.74) is 0. The zero-order chi connectivity index (χ0) is 38.9. The quantitative estimate of drug-likeness (QED) is 0.0469. The first-order valence-corrected chi connectivity index (χ1v) is 23.0. The molecular formula is C45H90N2O6. The van der Waals surface area contributed by atoms with Gasteiger partial charge in [-0.25, -0.2) is 0 Å². The Bertz CT molecular complexity index is 753. The van der Waals surface area contributed by atoms with Gasteiger partial charge in [-0.15, -0.1) is 0 Å². The summed E-state index contributed by atoms with van der Waals surface area (Å²) in [7, 11) is 0. The van der Waals surface area contributed by atoms with Crippen LogP contribution in [0.15, 0.2) is 0 Å². The van der Waals surface area contributed by atoms with E-state index in [0.717, 1.165) is 96.8 Å². The van der Waals surface area contributed by atoms with E-state index in [1.807, 2.05) is 0 Å². The van der Waals surface area contributed by atoms with Gasteiger partial charge in [0.15, 0.2) is 0 Å². The van der Waals surface area contributed by atoms with Gasteiger partial charge in [0.05, 0.1) is 19.8 Å². The molecule has 0 aliphatic rings. The Kier molecular flexibility index (Phi) is 41.0. The maximum Gasteiger partial charge on any atom is 0.306 e. The molecule has 0 aromatic carbocycles. The van der Waals surface area contributed by atoms with Crippen molar-refractivity contribution < 1.29 is 29.3 Å². The van der Waals surface area contributed by atoms with Crippen LogP contribution in [0.4, 0.5) is 0 Å². The Morgan fingerprint density at radius 1 is 0.434 bits per heavy atom. The summed E-state index contributed by atoms with van der Waals surface area (Å²) in [5, 5.41) is 19.2. The SMILES string of the molecule is CCCCCCCCCCCOC(=O)CCCN(CCO)CCCN(CCO)CCCCCC(=O)OC(CCCCCCCC)CCCCCCCC. The van der Waals surface area contributed by atoms with Gasteiger partial charge in [-0.05, 0) is 84.0 Å². The summed E-state index contributed by atoms with van der Waals surface area (Å²) in [4.78, 5) is 29.5. The van der Waals surface area contributed by atoms with Crippen molar-refractivity contribution in [2.24, 2.45) is 0 Å². The molecule has 53 heavy (non-hydrogen) atoms. The van der Waals surface area contributed by atoms with Crippen molar-refractivity contribution in [3.8, 4) is 0 Å². The third kappa shape index (κ3) is 37.5. The van der Waals surface area contributed by atoms with Crippen LogP contribution in [-0.2, 0) is 19.1 Å². The van der Waals surface area contributed by atoms with Gasteiger partial charge >= 0.3 is 11.9 Å². The predicted molar refractivity (Wildman–Crippen MR) is 223 cm³/mol. The Morgan fingerprint density at radius 2 is 0.830 bits per heavy atom. The largest absolute Gasteiger partial charge is 0.466 e. The number of hydrogen-bond donors (Lipinski definition) is 2. The van der Waals surface area contributed by atoms with E-state index >= 15 is 0 Å². The molecule has 0 aromatic heterocycles. The van der Waals surface area contributed by atoms with Crippen LogP contribution in [0.25, 0.3) is 0 Å². The Hall–Kier alpha value is -1.22. The summed E-state index contributed by atoms with van der Waals surface area (Å²) in [6.07, 6.45) is 33.9. The highest BCUT2D eigenvalue weighted by molar-refractivity contribution is 5.69. The Labute approximate surface area is 328 Å². The number of carbonyl (C=O) groups is 2. The van der Waals surface area contributed by atoms with Gasteiger partial charge in [0.2, 0.25) is 0 Å². The topological polar surface area (TPSA) is 99.5 Å². The van der Waals surface area contributed by atoms with Crippen LogP contribution in [0.2, 0.25) is 0 Å². The third-order valence-corrected chi connectivity index (χ3v) is 10.6. The van der Waals surface area contributed by atoms with Gasteiger partial charge in [-0.3, -0.25) is 9.59 Å². The van der Waals surface area contributed by atoms with Crippen LogP contribution in [0, 0.1) is 0 Å². The number of hydrogen-bond acceptors (Lipinski definition) is 8. The van der Waals surface area contributed by atoms with Gasteiger partial charge in [0.25, 0.3) is 0 Å². The van der Waals surface area contributed by atoms with E-state index in [9.17, 15) is 19.8 Å². The molecule has 0 spiro atoms. The minimum absolute atomic E-state index is 0.0322. The van der Waals surface area contributed by atoms with E-state index in [0.29, 0.717) is 32.5 Å². The first-order valence-electron chi connectivity index (χ1n) is 23.0. The second-order valence-corrected chi connectivity index (χ2v) is 15.7. The van der Waals surface area contributed by atoms with Gasteiger partial charge in [-0.1, -0.05) is 143 Å². The van der Waals surface area contributed by atoms with Crippen molar-refractivity contribution in [3.05, 3.63) is 0 Å². The molecule has 0 saturated carbocycles. The van der Waals surface area contributed by atoms with E-state index in [4.69, 9.17) is 9.47 Å². The third-order valence-electron chi connectivity index (χ3n) is 10.6. The summed E-state index contributed by atoms with van der Waals surface area (Å²) < 4.78 is 11.5. The number of esters is 2. The van der Waals surface area contributed by atoms with E-state index in [1.165, 1.54) is 109 Å². The van der Waals surface area contributed by atoms with Crippen LogP contribution in [0.3, 0.4) is 0 Å². The first kappa shape index (κ1) is 51.8. The molecule has 8 nitrogen and oxygen atoms in total. The molecule has 2 N–H and O–H groups in total. The van der Waals surface area contributed by atoms with Crippen molar-refractivity contribution in [1.29, 1.82) is 0 Å². The van der Waals surface area contributed by atoms with Crippen molar-refractivity contribution in [2.45, 2.75) is 219 Å². The number of carbonyl (C=O) groups excluding carboxylic acids is 2. The summed E-state index contributed by atoms with van der Waals surface area (Å²) in [6.45, 7) is 12.1. The lowest BCUT2D eigenvalue weighted by Crippen LogP contribution is -2.34. The molecule has 0 bridgehead atoms. The zero-order valence-corrected chi connectivity index (χ0v) is 35.6. The fourth-order valence-corrected chi connectivity index (χ4v) is 7.18. The number of aliphatic hydroxyl groups is 2. The van der Waals surface area contributed by atoms with Crippen LogP contribution in [-0.4, -0.2) is 97.1 Å². The molecule has 0 rings (SSSR count). The second kappa shape index (κ2) is 41.9. The monoisotopic (exact) mass is 755 g/mol. The maximum atomic E-state index is 12.8. The minimum Gasteiger partial charge on any atom is -0.466 e. The van der Waals surface area contributed by atoms with E-state index < -0.39 is 0 Å². The highest BCUT2D eigenvalue weighted by Crippen LogP contribution is 2.18. The Morgan fingerprint density at radius 3 is 1.32 bits per heavy atom. The molecule has 0 aliphatic heterocycles. The molecular weight excluding hydrogens is 665 g/mol.